The monoisotopic (exact) mass is 313 g/mol. The van der Waals surface area contributed by atoms with Gasteiger partial charge in [-0.05, 0) is 33.6 Å². The van der Waals surface area contributed by atoms with Crippen molar-refractivity contribution < 1.29 is 14.4 Å². The van der Waals surface area contributed by atoms with Crippen molar-refractivity contribution in [3.8, 4) is 11.5 Å². The van der Waals surface area contributed by atoms with Crippen molar-refractivity contribution in [1.29, 1.82) is 0 Å². The van der Waals surface area contributed by atoms with Crippen LogP contribution in [0.25, 0.3) is 6.08 Å². The Hall–Kier alpha value is -1.56. The summed E-state index contributed by atoms with van der Waals surface area (Å²) in [5.41, 5.74) is 0.789. The number of nitro groups is 1. The minimum atomic E-state index is -0.420. The first-order chi connectivity index (χ1) is 8.58. The summed E-state index contributed by atoms with van der Waals surface area (Å²) in [7, 11) is 0. The predicted octanol–water partition coefficient (Wildman–Crippen LogP) is 3.25. The predicted molar refractivity (Wildman–Crippen MR) is 70.4 cm³/mol. The van der Waals surface area contributed by atoms with E-state index in [2.05, 4.69) is 15.9 Å². The maximum absolute atomic E-state index is 10.6. The highest BCUT2D eigenvalue weighted by molar-refractivity contribution is 9.10. The quantitative estimate of drug-likeness (QED) is 0.621. The van der Waals surface area contributed by atoms with Crippen molar-refractivity contribution in [2.45, 2.75) is 13.3 Å². The third-order valence-electron chi connectivity index (χ3n) is 2.49. The Bertz CT molecular complexity index is 513. The van der Waals surface area contributed by atoms with Gasteiger partial charge in [-0.25, -0.2) is 0 Å². The molecule has 0 saturated heterocycles. The van der Waals surface area contributed by atoms with E-state index in [1.54, 1.807) is 12.1 Å². The van der Waals surface area contributed by atoms with Crippen LogP contribution in [0.2, 0.25) is 0 Å². The number of rotatable bonds is 2. The maximum atomic E-state index is 10.6. The molecule has 0 amide bonds. The van der Waals surface area contributed by atoms with Gasteiger partial charge >= 0.3 is 0 Å². The fourth-order valence-corrected chi connectivity index (χ4v) is 2.20. The molecule has 0 aliphatic carbocycles. The summed E-state index contributed by atoms with van der Waals surface area (Å²) in [6, 6.07) is 3.53. The molecule has 2 rings (SSSR count). The second-order valence-corrected chi connectivity index (χ2v) is 4.78. The van der Waals surface area contributed by atoms with Gasteiger partial charge in [-0.15, -0.1) is 0 Å². The summed E-state index contributed by atoms with van der Waals surface area (Å²) in [5.74, 6) is 1.27. The number of fused-ring (bicyclic) bond motifs is 1. The third kappa shape index (κ3) is 2.81. The number of ether oxygens (including phenoxy) is 2. The van der Waals surface area contributed by atoms with Crippen LogP contribution in [-0.2, 0) is 0 Å². The molecule has 1 aliphatic heterocycles. The van der Waals surface area contributed by atoms with Crippen LogP contribution < -0.4 is 9.47 Å². The lowest BCUT2D eigenvalue weighted by molar-refractivity contribution is -0.422. The molecule has 0 radical (unpaired) electrons. The summed E-state index contributed by atoms with van der Waals surface area (Å²) in [6.07, 6.45) is 2.32. The Morgan fingerprint density at radius 2 is 2.17 bits per heavy atom. The minimum Gasteiger partial charge on any atom is -0.489 e. The van der Waals surface area contributed by atoms with Gasteiger partial charge in [0, 0.05) is 19.4 Å². The maximum Gasteiger partial charge on any atom is 0.243 e. The van der Waals surface area contributed by atoms with Gasteiger partial charge in [-0.1, -0.05) is 0 Å². The van der Waals surface area contributed by atoms with Crippen molar-refractivity contribution in [3.63, 3.8) is 0 Å². The van der Waals surface area contributed by atoms with E-state index in [0.717, 1.165) is 10.9 Å². The second-order valence-electron chi connectivity index (χ2n) is 3.92. The molecule has 1 heterocycles. The molecule has 0 unspecified atom stereocenters. The zero-order valence-electron chi connectivity index (χ0n) is 9.81. The first-order valence-corrected chi connectivity index (χ1v) is 6.29. The van der Waals surface area contributed by atoms with E-state index in [4.69, 9.17) is 9.47 Å². The number of hydrogen-bond donors (Lipinski definition) is 0. The Labute approximate surface area is 113 Å². The Kier molecular flexibility index (Phi) is 3.86. The van der Waals surface area contributed by atoms with E-state index >= 15 is 0 Å². The van der Waals surface area contributed by atoms with E-state index in [1.165, 1.54) is 13.0 Å². The lowest BCUT2D eigenvalue weighted by Crippen LogP contribution is -1.97. The summed E-state index contributed by atoms with van der Waals surface area (Å²) >= 11 is 3.39. The fourth-order valence-electron chi connectivity index (χ4n) is 1.63. The van der Waals surface area contributed by atoms with Gasteiger partial charge in [-0.3, -0.25) is 10.1 Å². The van der Waals surface area contributed by atoms with Crippen LogP contribution in [0.1, 0.15) is 18.9 Å². The molecule has 0 atom stereocenters. The number of halogens is 1. The topological polar surface area (TPSA) is 61.6 Å². The number of benzene rings is 1. The summed E-state index contributed by atoms with van der Waals surface area (Å²) < 4.78 is 11.9. The minimum absolute atomic E-state index is 0.0800. The van der Waals surface area contributed by atoms with Crippen molar-refractivity contribution in [2.75, 3.05) is 13.2 Å². The van der Waals surface area contributed by atoms with Gasteiger partial charge in [0.1, 0.15) is 0 Å². The van der Waals surface area contributed by atoms with Crippen molar-refractivity contribution in [2.24, 2.45) is 0 Å². The zero-order valence-corrected chi connectivity index (χ0v) is 11.4. The average molecular weight is 314 g/mol. The van der Waals surface area contributed by atoms with Gasteiger partial charge in [0.15, 0.2) is 11.5 Å². The van der Waals surface area contributed by atoms with Gasteiger partial charge < -0.3 is 9.47 Å². The molecule has 0 aromatic heterocycles. The SMILES string of the molecule is C/C(=C\c1cc(Br)c2c(c1)OCCCO2)[N+](=O)[O-]. The smallest absolute Gasteiger partial charge is 0.243 e. The molecule has 96 valence electrons. The van der Waals surface area contributed by atoms with Crippen molar-refractivity contribution in [3.05, 3.63) is 38.0 Å². The van der Waals surface area contributed by atoms with E-state index in [1.807, 2.05) is 0 Å². The van der Waals surface area contributed by atoms with Crippen LogP contribution in [0.3, 0.4) is 0 Å². The highest BCUT2D eigenvalue weighted by atomic mass is 79.9. The summed E-state index contributed by atoms with van der Waals surface area (Å²) in [5, 5.41) is 10.6. The van der Waals surface area contributed by atoms with Crippen LogP contribution in [0.4, 0.5) is 0 Å². The molecule has 18 heavy (non-hydrogen) atoms. The van der Waals surface area contributed by atoms with E-state index in [-0.39, 0.29) is 5.70 Å². The largest absolute Gasteiger partial charge is 0.489 e. The third-order valence-corrected chi connectivity index (χ3v) is 3.08. The Balaban J connectivity index is 2.40. The van der Waals surface area contributed by atoms with Gasteiger partial charge in [-0.2, -0.15) is 0 Å². The lowest BCUT2D eigenvalue weighted by Gasteiger charge is -2.10. The standard InChI is InChI=1S/C12H12BrNO4/c1-8(14(15)16)5-9-6-10(13)12-11(7-9)17-3-2-4-18-12/h5-7H,2-4H2,1H3/b8-5+. The molecule has 6 heteroatoms. The molecule has 0 bridgehead atoms. The van der Waals surface area contributed by atoms with Gasteiger partial charge in [0.2, 0.25) is 5.70 Å². The van der Waals surface area contributed by atoms with Crippen LogP contribution in [0.5, 0.6) is 11.5 Å². The molecule has 1 aromatic rings. The molecule has 0 saturated carbocycles. The first-order valence-electron chi connectivity index (χ1n) is 5.50. The van der Waals surface area contributed by atoms with Crippen molar-refractivity contribution >= 4 is 22.0 Å². The average Bonchev–Trinajstić information content (AvgIpc) is 2.54. The van der Waals surface area contributed by atoms with Crippen LogP contribution in [0, 0.1) is 10.1 Å². The zero-order chi connectivity index (χ0) is 13.1. The molecule has 1 aromatic carbocycles. The molecule has 1 aliphatic rings. The molecule has 5 nitrogen and oxygen atoms in total. The van der Waals surface area contributed by atoms with Crippen molar-refractivity contribution in [1.82, 2.24) is 0 Å². The highest BCUT2D eigenvalue weighted by Crippen LogP contribution is 2.38. The Morgan fingerprint density at radius 1 is 1.44 bits per heavy atom. The Morgan fingerprint density at radius 3 is 2.89 bits per heavy atom. The van der Waals surface area contributed by atoms with Crippen LogP contribution >= 0.6 is 15.9 Å². The highest BCUT2D eigenvalue weighted by Gasteiger charge is 2.15. The van der Waals surface area contributed by atoms with Gasteiger partial charge in [0.25, 0.3) is 0 Å². The normalized spacial score (nSPS) is 15.1. The summed E-state index contributed by atoms with van der Waals surface area (Å²) in [4.78, 5) is 10.2. The van der Waals surface area contributed by atoms with E-state index in [9.17, 15) is 10.1 Å². The van der Waals surface area contributed by atoms with Crippen LogP contribution in [0.15, 0.2) is 22.3 Å². The molecular formula is C12H12BrNO4. The lowest BCUT2D eigenvalue weighted by atomic mass is 10.1. The molecule has 0 N–H and O–H groups in total. The van der Waals surface area contributed by atoms with E-state index < -0.39 is 4.92 Å². The number of allylic oxidation sites excluding steroid dienone is 1. The molecule has 0 spiro atoms. The second kappa shape index (κ2) is 5.39. The van der Waals surface area contributed by atoms with E-state index in [0.29, 0.717) is 30.3 Å². The molecular weight excluding hydrogens is 302 g/mol. The van der Waals surface area contributed by atoms with Gasteiger partial charge in [0.05, 0.1) is 22.6 Å². The fraction of sp³-hybridized carbons (Fsp3) is 0.333. The summed E-state index contributed by atoms with van der Waals surface area (Å²) in [6.45, 7) is 2.65. The molecule has 0 fully saturated rings. The number of hydrogen-bond acceptors (Lipinski definition) is 4. The first kappa shape index (κ1) is 12.9. The van der Waals surface area contributed by atoms with Crippen LogP contribution in [-0.4, -0.2) is 18.1 Å². The number of nitrogens with zero attached hydrogens (tertiary/aromatic N) is 1.